The van der Waals surface area contributed by atoms with Crippen LogP contribution in [-0.2, 0) is 0 Å². The SMILES string of the molecule is CCC(C#N)c1c(OC)cc(C)c(Cl)c1C. The van der Waals surface area contributed by atoms with E-state index in [0.717, 1.165) is 33.9 Å². The zero-order chi connectivity index (χ0) is 12.3. The van der Waals surface area contributed by atoms with Gasteiger partial charge in [-0.15, -0.1) is 0 Å². The summed E-state index contributed by atoms with van der Waals surface area (Å²) in [5.74, 6) is 0.598. The van der Waals surface area contributed by atoms with E-state index in [1.165, 1.54) is 0 Å². The minimum absolute atomic E-state index is 0.159. The molecule has 1 rings (SSSR count). The lowest BCUT2D eigenvalue weighted by molar-refractivity contribution is 0.407. The number of aryl methyl sites for hydroxylation is 1. The van der Waals surface area contributed by atoms with Crippen LogP contribution in [0.1, 0.15) is 36.0 Å². The van der Waals surface area contributed by atoms with E-state index in [1.807, 2.05) is 26.8 Å². The fourth-order valence-electron chi connectivity index (χ4n) is 1.90. The molecule has 0 aliphatic rings. The highest BCUT2D eigenvalue weighted by Gasteiger charge is 2.19. The number of rotatable bonds is 3. The lowest BCUT2D eigenvalue weighted by atomic mass is 9.91. The summed E-state index contributed by atoms with van der Waals surface area (Å²) in [6, 6.07) is 4.19. The zero-order valence-electron chi connectivity index (χ0n) is 10.1. The molecule has 0 heterocycles. The van der Waals surface area contributed by atoms with E-state index in [-0.39, 0.29) is 5.92 Å². The predicted molar refractivity (Wildman–Crippen MR) is 66.1 cm³/mol. The van der Waals surface area contributed by atoms with Crippen LogP contribution >= 0.6 is 11.6 Å². The average Bonchev–Trinajstić information content (AvgIpc) is 2.29. The number of methoxy groups -OCH3 is 1. The van der Waals surface area contributed by atoms with E-state index in [2.05, 4.69) is 6.07 Å². The summed E-state index contributed by atoms with van der Waals surface area (Å²) >= 11 is 6.20. The smallest absolute Gasteiger partial charge is 0.124 e. The van der Waals surface area contributed by atoms with Gasteiger partial charge in [-0.05, 0) is 37.5 Å². The quantitative estimate of drug-likeness (QED) is 0.797. The minimum atomic E-state index is -0.159. The number of hydrogen-bond donors (Lipinski definition) is 0. The van der Waals surface area contributed by atoms with Crippen molar-refractivity contribution in [3.8, 4) is 11.8 Å². The van der Waals surface area contributed by atoms with Crippen LogP contribution in [0.2, 0.25) is 5.02 Å². The molecule has 0 bridgehead atoms. The van der Waals surface area contributed by atoms with Crippen LogP contribution in [0.25, 0.3) is 0 Å². The average molecular weight is 238 g/mol. The zero-order valence-corrected chi connectivity index (χ0v) is 10.9. The Hall–Kier alpha value is -1.20. The van der Waals surface area contributed by atoms with Gasteiger partial charge in [-0.3, -0.25) is 0 Å². The molecule has 3 heteroatoms. The molecular formula is C13H16ClNO. The Kier molecular flexibility index (Phi) is 4.20. The first-order chi connectivity index (χ1) is 7.56. The second-order valence-electron chi connectivity index (χ2n) is 3.84. The molecule has 1 atom stereocenters. The summed E-state index contributed by atoms with van der Waals surface area (Å²) in [5.41, 5.74) is 2.85. The molecule has 2 nitrogen and oxygen atoms in total. The van der Waals surface area contributed by atoms with Crippen molar-refractivity contribution in [3.63, 3.8) is 0 Å². The number of nitriles is 1. The van der Waals surface area contributed by atoms with Gasteiger partial charge in [0.05, 0.1) is 19.1 Å². The van der Waals surface area contributed by atoms with Crippen molar-refractivity contribution in [2.24, 2.45) is 0 Å². The van der Waals surface area contributed by atoms with Crippen LogP contribution < -0.4 is 4.74 Å². The topological polar surface area (TPSA) is 33.0 Å². The Balaban J connectivity index is 3.47. The van der Waals surface area contributed by atoms with Crippen LogP contribution in [0.5, 0.6) is 5.75 Å². The molecule has 0 N–H and O–H groups in total. The standard InChI is InChI=1S/C13H16ClNO/c1-5-10(7-15)12-9(3)13(14)8(2)6-11(12)16-4/h6,10H,5H2,1-4H3. The summed E-state index contributed by atoms with van der Waals surface area (Å²) in [6.07, 6.45) is 0.757. The van der Waals surface area contributed by atoms with Crippen LogP contribution in [-0.4, -0.2) is 7.11 Å². The third kappa shape index (κ3) is 2.15. The van der Waals surface area contributed by atoms with Crippen LogP contribution in [0.4, 0.5) is 0 Å². The molecule has 1 aromatic rings. The number of benzene rings is 1. The number of ether oxygens (including phenoxy) is 1. The van der Waals surface area contributed by atoms with Crippen LogP contribution in [0.3, 0.4) is 0 Å². The van der Waals surface area contributed by atoms with E-state index in [1.54, 1.807) is 7.11 Å². The summed E-state index contributed by atoms with van der Waals surface area (Å²) in [7, 11) is 1.62. The van der Waals surface area contributed by atoms with Crippen molar-refractivity contribution in [2.45, 2.75) is 33.1 Å². The minimum Gasteiger partial charge on any atom is -0.496 e. The first kappa shape index (κ1) is 12.9. The second kappa shape index (κ2) is 5.23. The molecule has 0 fully saturated rings. The molecule has 1 unspecified atom stereocenters. The molecule has 0 aliphatic heterocycles. The first-order valence-corrected chi connectivity index (χ1v) is 5.67. The molecule has 1 aromatic carbocycles. The van der Waals surface area contributed by atoms with Crippen molar-refractivity contribution in [1.82, 2.24) is 0 Å². The molecule has 0 radical (unpaired) electrons. The predicted octanol–water partition coefficient (Wildman–Crippen LogP) is 3.98. The Labute approximate surface area is 102 Å². The molecule has 0 saturated carbocycles. The van der Waals surface area contributed by atoms with Crippen molar-refractivity contribution >= 4 is 11.6 Å². The lowest BCUT2D eigenvalue weighted by Gasteiger charge is -2.17. The highest BCUT2D eigenvalue weighted by Crippen LogP contribution is 2.37. The first-order valence-electron chi connectivity index (χ1n) is 5.30. The number of halogens is 1. The van der Waals surface area contributed by atoms with Gasteiger partial charge in [0.15, 0.2) is 0 Å². The van der Waals surface area contributed by atoms with E-state index in [0.29, 0.717) is 0 Å². The second-order valence-corrected chi connectivity index (χ2v) is 4.22. The maximum Gasteiger partial charge on any atom is 0.124 e. The van der Waals surface area contributed by atoms with Crippen LogP contribution in [0, 0.1) is 25.2 Å². The third-order valence-corrected chi connectivity index (χ3v) is 3.41. The van der Waals surface area contributed by atoms with E-state index >= 15 is 0 Å². The van der Waals surface area contributed by atoms with Gasteiger partial charge in [0.1, 0.15) is 5.75 Å². The summed E-state index contributed by atoms with van der Waals surface area (Å²) in [6.45, 7) is 5.86. The largest absolute Gasteiger partial charge is 0.496 e. The van der Waals surface area contributed by atoms with Gasteiger partial charge in [0.25, 0.3) is 0 Å². The summed E-state index contributed by atoms with van der Waals surface area (Å²) in [4.78, 5) is 0. The summed E-state index contributed by atoms with van der Waals surface area (Å²) < 4.78 is 5.34. The van der Waals surface area contributed by atoms with E-state index in [4.69, 9.17) is 21.6 Å². The molecule has 0 aliphatic carbocycles. The number of hydrogen-bond acceptors (Lipinski definition) is 2. The molecule has 86 valence electrons. The third-order valence-electron chi connectivity index (χ3n) is 2.82. The summed E-state index contributed by atoms with van der Waals surface area (Å²) in [5, 5.41) is 9.86. The van der Waals surface area contributed by atoms with Crippen molar-refractivity contribution in [1.29, 1.82) is 5.26 Å². The molecule has 0 spiro atoms. The Morgan fingerprint density at radius 3 is 2.56 bits per heavy atom. The van der Waals surface area contributed by atoms with Crippen LogP contribution in [0.15, 0.2) is 6.07 Å². The maximum atomic E-state index is 9.14. The maximum absolute atomic E-state index is 9.14. The van der Waals surface area contributed by atoms with Gasteiger partial charge in [0.2, 0.25) is 0 Å². The molecule has 0 saturated heterocycles. The van der Waals surface area contributed by atoms with Gasteiger partial charge < -0.3 is 4.74 Å². The van der Waals surface area contributed by atoms with Gasteiger partial charge in [0, 0.05) is 10.6 Å². The van der Waals surface area contributed by atoms with E-state index in [9.17, 15) is 0 Å². The molecule has 0 amide bonds. The monoisotopic (exact) mass is 237 g/mol. The lowest BCUT2D eigenvalue weighted by Crippen LogP contribution is -2.03. The molecule has 0 aromatic heterocycles. The Morgan fingerprint density at radius 2 is 2.12 bits per heavy atom. The van der Waals surface area contributed by atoms with E-state index < -0.39 is 0 Å². The number of nitrogens with zero attached hydrogens (tertiary/aromatic N) is 1. The Bertz CT molecular complexity index is 435. The van der Waals surface area contributed by atoms with Crippen molar-refractivity contribution < 1.29 is 4.74 Å². The Morgan fingerprint density at radius 1 is 1.50 bits per heavy atom. The highest BCUT2D eigenvalue weighted by molar-refractivity contribution is 6.32. The molecular weight excluding hydrogens is 222 g/mol. The van der Waals surface area contributed by atoms with Gasteiger partial charge >= 0.3 is 0 Å². The van der Waals surface area contributed by atoms with Gasteiger partial charge in [-0.2, -0.15) is 5.26 Å². The van der Waals surface area contributed by atoms with Crippen molar-refractivity contribution in [2.75, 3.05) is 7.11 Å². The fourth-order valence-corrected chi connectivity index (χ4v) is 2.05. The van der Waals surface area contributed by atoms with Gasteiger partial charge in [-0.1, -0.05) is 18.5 Å². The molecule has 16 heavy (non-hydrogen) atoms. The highest BCUT2D eigenvalue weighted by atomic mass is 35.5. The van der Waals surface area contributed by atoms with Crippen molar-refractivity contribution in [3.05, 3.63) is 27.8 Å². The van der Waals surface area contributed by atoms with Gasteiger partial charge in [-0.25, -0.2) is 0 Å². The normalized spacial score (nSPS) is 12.0. The fraction of sp³-hybridized carbons (Fsp3) is 0.462.